The summed E-state index contributed by atoms with van der Waals surface area (Å²) in [7, 11) is 0. The highest BCUT2D eigenvalue weighted by Crippen LogP contribution is 2.42. The lowest BCUT2D eigenvalue weighted by molar-refractivity contribution is -0.118. The van der Waals surface area contributed by atoms with E-state index in [-0.39, 0.29) is 33.6 Å². The Morgan fingerprint density at radius 1 is 0.857 bits per heavy atom. The van der Waals surface area contributed by atoms with E-state index in [1.54, 1.807) is 0 Å². The molecule has 0 saturated carbocycles. The maximum Gasteiger partial charge on any atom is 0.407 e. The second kappa shape index (κ2) is 8.75. The Hall–Kier alpha value is -3.83. The van der Waals surface area contributed by atoms with Crippen LogP contribution in [0.3, 0.4) is 0 Å². The van der Waals surface area contributed by atoms with Crippen molar-refractivity contribution in [1.82, 2.24) is 0 Å². The van der Waals surface area contributed by atoms with Crippen molar-refractivity contribution in [3.8, 4) is 28.2 Å². The van der Waals surface area contributed by atoms with Crippen molar-refractivity contribution >= 4 is 16.7 Å². The minimum Gasteiger partial charge on any atom is -0.508 e. The number of benzene rings is 3. The maximum atomic E-state index is 14.7. The van der Waals surface area contributed by atoms with Crippen LogP contribution in [0.5, 0.6) is 5.75 Å². The van der Waals surface area contributed by atoms with Crippen LogP contribution in [0.1, 0.15) is 0 Å². The summed E-state index contributed by atoms with van der Waals surface area (Å²) >= 11 is 0. The number of nitrogens with zero attached hydrogens (tertiary/aromatic N) is 1. The largest absolute Gasteiger partial charge is 0.508 e. The number of rotatable bonds is 4. The third kappa shape index (κ3) is 5.47. The average Bonchev–Trinajstić information content (AvgIpc) is 2.75. The van der Waals surface area contributed by atoms with Crippen molar-refractivity contribution in [1.29, 1.82) is 0 Å². The highest BCUT2D eigenvalue weighted by molar-refractivity contribution is 6.02. The summed E-state index contributed by atoms with van der Waals surface area (Å²) in [6.45, 7) is -3.18. The molecule has 184 valence electrons. The van der Waals surface area contributed by atoms with Crippen LogP contribution in [0.4, 0.5) is 40.8 Å². The van der Waals surface area contributed by atoms with E-state index in [1.165, 1.54) is 24.3 Å². The molecule has 0 bridgehead atoms. The molecule has 2 N–H and O–H groups in total. The number of hydrogen-bond donors (Lipinski definition) is 2. The minimum absolute atomic E-state index is 0.0436. The fraction of sp³-hybridized carbons (Fsp3) is 0.174. The predicted octanol–water partition coefficient (Wildman–Crippen LogP) is 6.63. The zero-order valence-corrected chi connectivity index (χ0v) is 17.4. The molecule has 0 amide bonds. The number of halogens is 8. The number of phenols is 1. The number of fused-ring (bicyclic) bond motifs is 2. The SMILES string of the molecule is Oc1ccc(-c2c3cc(F)c(=NCC(F)(F)F)cc-3oc3cc(NCC(F)(F)F)c(F)cc23)cc1. The first-order valence-electron chi connectivity index (χ1n) is 9.87. The lowest BCUT2D eigenvalue weighted by Crippen LogP contribution is -2.21. The molecule has 1 aliphatic heterocycles. The van der Waals surface area contributed by atoms with Gasteiger partial charge in [0, 0.05) is 28.6 Å². The lowest BCUT2D eigenvalue weighted by atomic mass is 9.93. The van der Waals surface area contributed by atoms with E-state index in [0.717, 1.165) is 24.3 Å². The molecule has 0 aromatic heterocycles. The van der Waals surface area contributed by atoms with Gasteiger partial charge in [0.25, 0.3) is 0 Å². The van der Waals surface area contributed by atoms with Crippen LogP contribution >= 0.6 is 0 Å². The normalized spacial score (nSPS) is 13.1. The first-order chi connectivity index (χ1) is 16.3. The summed E-state index contributed by atoms with van der Waals surface area (Å²) in [5.41, 5.74) is -0.0760. The fourth-order valence-electron chi connectivity index (χ4n) is 3.49. The van der Waals surface area contributed by atoms with Crippen LogP contribution in [-0.2, 0) is 0 Å². The summed E-state index contributed by atoms with van der Waals surface area (Å²) in [6, 6.07) is 9.13. The van der Waals surface area contributed by atoms with Gasteiger partial charge in [0.1, 0.15) is 41.8 Å². The molecular formula is C23H14F8N2O2. The summed E-state index contributed by atoms with van der Waals surface area (Å²) < 4.78 is 111. The number of alkyl halides is 6. The Morgan fingerprint density at radius 2 is 1.54 bits per heavy atom. The number of phenolic OH excluding ortho intramolecular Hbond substituents is 1. The van der Waals surface area contributed by atoms with E-state index >= 15 is 0 Å². The Balaban J connectivity index is 2.00. The highest BCUT2D eigenvalue weighted by Gasteiger charge is 2.28. The smallest absolute Gasteiger partial charge is 0.407 e. The molecule has 0 spiro atoms. The van der Waals surface area contributed by atoms with E-state index in [1.807, 2.05) is 5.32 Å². The monoisotopic (exact) mass is 502 g/mol. The first-order valence-corrected chi connectivity index (χ1v) is 9.87. The van der Waals surface area contributed by atoms with Crippen LogP contribution in [-0.4, -0.2) is 30.5 Å². The summed E-state index contributed by atoms with van der Waals surface area (Å²) in [6.07, 6.45) is -9.32. The van der Waals surface area contributed by atoms with Gasteiger partial charge in [0.15, 0.2) is 0 Å². The molecule has 1 aliphatic carbocycles. The van der Waals surface area contributed by atoms with Crippen molar-refractivity contribution in [2.75, 3.05) is 18.4 Å². The fourth-order valence-corrected chi connectivity index (χ4v) is 3.49. The van der Waals surface area contributed by atoms with E-state index in [0.29, 0.717) is 5.56 Å². The minimum atomic E-state index is -4.68. The summed E-state index contributed by atoms with van der Waals surface area (Å²) in [5, 5.41) is 10.9. The molecule has 2 aromatic rings. The summed E-state index contributed by atoms with van der Waals surface area (Å²) in [4.78, 5) is 3.22. The predicted molar refractivity (Wildman–Crippen MR) is 111 cm³/mol. The van der Waals surface area contributed by atoms with E-state index in [2.05, 4.69) is 4.99 Å². The van der Waals surface area contributed by atoms with Crippen molar-refractivity contribution in [2.24, 2.45) is 4.99 Å². The first kappa shape index (κ1) is 24.3. The molecule has 35 heavy (non-hydrogen) atoms. The van der Waals surface area contributed by atoms with Gasteiger partial charge in [0.2, 0.25) is 0 Å². The van der Waals surface area contributed by atoms with Gasteiger partial charge in [-0.1, -0.05) is 12.1 Å². The number of aromatic hydroxyl groups is 1. The second-order valence-corrected chi connectivity index (χ2v) is 7.55. The van der Waals surface area contributed by atoms with Gasteiger partial charge in [-0.05, 0) is 29.8 Å². The van der Waals surface area contributed by atoms with E-state index < -0.39 is 48.1 Å². The number of hydrogen-bond acceptors (Lipinski definition) is 4. The number of nitrogens with one attached hydrogen (secondary N) is 1. The van der Waals surface area contributed by atoms with Gasteiger partial charge in [-0.2, -0.15) is 26.3 Å². The third-order valence-electron chi connectivity index (χ3n) is 4.94. The number of anilines is 1. The average molecular weight is 502 g/mol. The van der Waals surface area contributed by atoms with Crippen LogP contribution < -0.4 is 10.7 Å². The molecule has 0 radical (unpaired) electrons. The molecule has 1 heterocycles. The van der Waals surface area contributed by atoms with Crippen molar-refractivity contribution in [3.63, 3.8) is 0 Å². The maximum absolute atomic E-state index is 14.7. The molecule has 0 unspecified atom stereocenters. The molecule has 12 heteroatoms. The molecule has 2 aromatic carbocycles. The third-order valence-corrected chi connectivity index (χ3v) is 4.94. The molecule has 0 atom stereocenters. The van der Waals surface area contributed by atoms with Crippen molar-refractivity contribution in [2.45, 2.75) is 12.4 Å². The van der Waals surface area contributed by atoms with Crippen molar-refractivity contribution in [3.05, 3.63) is 65.5 Å². The lowest BCUT2D eigenvalue weighted by Gasteiger charge is -2.17. The second-order valence-electron chi connectivity index (χ2n) is 7.55. The van der Waals surface area contributed by atoms with E-state index in [4.69, 9.17) is 4.42 Å². The van der Waals surface area contributed by atoms with Gasteiger partial charge in [0.05, 0.1) is 11.0 Å². The Morgan fingerprint density at radius 3 is 2.17 bits per heavy atom. The Labute approximate surface area is 191 Å². The zero-order valence-electron chi connectivity index (χ0n) is 17.4. The van der Waals surface area contributed by atoms with Gasteiger partial charge < -0.3 is 14.8 Å². The molecule has 2 aliphatic rings. The Kier molecular flexibility index (Phi) is 6.07. The van der Waals surface area contributed by atoms with Crippen LogP contribution in [0.25, 0.3) is 33.4 Å². The zero-order chi connectivity index (χ0) is 25.5. The highest BCUT2D eigenvalue weighted by atomic mass is 19.4. The van der Waals surface area contributed by atoms with Crippen molar-refractivity contribution < 1.29 is 44.6 Å². The standard InChI is InChI=1S/C23H14F8N2O2/c24-15-5-13-19(7-17(15)32-9-22(26,27)28)35-20-8-18(33-10-23(29,30)31)16(25)6-14(20)21(13)11-1-3-12(34)4-2-11/h1-8,32,34H,9-10H2. The molecule has 4 rings (SSSR count). The topological polar surface area (TPSA) is 57.8 Å². The van der Waals surface area contributed by atoms with Crippen LogP contribution in [0.2, 0.25) is 0 Å². The van der Waals surface area contributed by atoms with Gasteiger partial charge in [-0.15, -0.1) is 0 Å². The molecule has 4 nitrogen and oxygen atoms in total. The summed E-state index contributed by atoms with van der Waals surface area (Å²) in [5.74, 6) is -2.39. The molecular weight excluding hydrogens is 488 g/mol. The molecule has 0 saturated heterocycles. The quantitative estimate of drug-likeness (QED) is 0.244. The van der Waals surface area contributed by atoms with Gasteiger partial charge >= 0.3 is 12.4 Å². The van der Waals surface area contributed by atoms with Gasteiger partial charge in [-0.25, -0.2) is 8.78 Å². The van der Waals surface area contributed by atoms with Gasteiger partial charge in [-0.3, -0.25) is 4.99 Å². The molecule has 0 fully saturated rings. The Bertz CT molecular complexity index is 1420. The van der Waals surface area contributed by atoms with Crippen LogP contribution in [0, 0.1) is 11.6 Å². The van der Waals surface area contributed by atoms with E-state index in [9.17, 15) is 40.2 Å². The van der Waals surface area contributed by atoms with Crippen LogP contribution in [0.15, 0.2) is 57.9 Å².